The number of hydrogen-bond donors (Lipinski definition) is 4. The molecular weight excluding hydrogens is 955 g/mol. The van der Waals surface area contributed by atoms with Gasteiger partial charge in [-0.1, -0.05) is 54.6 Å². The molecule has 11 nitrogen and oxygen atoms in total. The second-order valence-corrected chi connectivity index (χ2v) is 21.5. The van der Waals surface area contributed by atoms with E-state index in [9.17, 15) is 58.2 Å². The van der Waals surface area contributed by atoms with Gasteiger partial charge in [0, 0.05) is 53.6 Å². The summed E-state index contributed by atoms with van der Waals surface area (Å²) in [7, 11) is -11.1. The molecule has 3 atom stereocenters. The number of amides is 1. The van der Waals surface area contributed by atoms with Crippen molar-refractivity contribution >= 4 is 48.9 Å². The first-order valence-electron chi connectivity index (χ1n) is 21.9. The van der Waals surface area contributed by atoms with E-state index in [1.54, 1.807) is 36.4 Å². The molecule has 4 N–H and O–H groups in total. The topological polar surface area (TPSA) is 156 Å². The van der Waals surface area contributed by atoms with Crippen LogP contribution in [0.4, 0.5) is 37.7 Å². The SMILES string of the molecule is O=C(NS(=O)(=O)c1ccc(NC(CSc2ccccc2)C[C@@H]2CCCN2CCO)c(S(=O)(=O)C(F)(F)F)c1)c1ccc(N2CCC(C(O)c3ccccc3-c3ccc(C(F)(F)F)cc3)CC2)cc1. The predicted octanol–water partition coefficient (Wildman–Crippen LogP) is 9.15. The third-order valence-corrected chi connectivity index (χ3v) is 16.4. The fourth-order valence-corrected chi connectivity index (χ4v) is 11.8. The minimum absolute atomic E-state index is 0.0592. The Labute approximate surface area is 395 Å². The molecule has 2 fully saturated rings. The van der Waals surface area contributed by atoms with Gasteiger partial charge >= 0.3 is 11.7 Å². The van der Waals surface area contributed by atoms with Gasteiger partial charge in [0.2, 0.25) is 0 Å². The third kappa shape index (κ3) is 12.0. The lowest BCUT2D eigenvalue weighted by Gasteiger charge is -2.36. The standard InChI is InChI=1S/C48H50F6N4O7S3/c49-47(50,51)35-16-12-32(13-17-35)41-10-4-5-11-42(41)45(60)33-22-25-58(26-23-33)37-18-14-34(15-19-37)46(61)56-68(64,65)40-20-21-43(44(30-40)67(62,63)48(52,53)54)55-36(31-66-39-8-2-1-3-9-39)29-38-7-6-24-57(38)27-28-59/h1-5,8-21,30,33,36,38,45,55,59-60H,6-7,22-29,31H2,(H,56,61)/t36?,38-,45?/m0/s1. The molecule has 2 aliphatic heterocycles. The lowest BCUT2D eigenvalue weighted by Crippen LogP contribution is -2.38. The van der Waals surface area contributed by atoms with Crippen molar-refractivity contribution in [1.82, 2.24) is 9.62 Å². The number of benzene rings is 5. The minimum Gasteiger partial charge on any atom is -0.395 e. The number of nitrogens with one attached hydrogen (secondary N) is 2. The maximum atomic E-state index is 14.2. The molecule has 2 unspecified atom stereocenters. The summed E-state index contributed by atoms with van der Waals surface area (Å²) in [6.07, 6.45) is -2.34. The first-order chi connectivity index (χ1) is 32.2. The summed E-state index contributed by atoms with van der Waals surface area (Å²) >= 11 is 1.41. The zero-order chi connectivity index (χ0) is 48.9. The summed E-state index contributed by atoms with van der Waals surface area (Å²) in [5.41, 5.74) is -4.72. The molecule has 0 spiro atoms. The van der Waals surface area contributed by atoms with Gasteiger partial charge in [0.15, 0.2) is 0 Å². The molecule has 5 aromatic carbocycles. The number of hydrogen-bond acceptors (Lipinski definition) is 11. The van der Waals surface area contributed by atoms with Crippen LogP contribution in [0.25, 0.3) is 11.1 Å². The number of sulfonamides is 1. The minimum atomic E-state index is -6.13. The molecule has 364 valence electrons. The Morgan fingerprint density at radius 2 is 1.46 bits per heavy atom. The molecular formula is C48H50F6N4O7S3. The Hall–Kier alpha value is -5.12. The van der Waals surface area contributed by atoms with Gasteiger partial charge < -0.3 is 20.4 Å². The molecule has 0 saturated carbocycles. The number of β-amino-alcohol motifs (C(OH)–C–C–N with tert-alkyl or cyclic N) is 1. The zero-order valence-corrected chi connectivity index (χ0v) is 38.9. The second kappa shape index (κ2) is 21.3. The number of carbonyl (C=O) groups is 1. The summed E-state index contributed by atoms with van der Waals surface area (Å²) < 4.78 is 137. The molecule has 2 aliphatic rings. The Balaban J connectivity index is 1.03. The quantitative estimate of drug-likeness (QED) is 0.0521. The molecule has 68 heavy (non-hydrogen) atoms. The van der Waals surface area contributed by atoms with Crippen LogP contribution in [-0.4, -0.2) is 94.0 Å². The summed E-state index contributed by atoms with van der Waals surface area (Å²) in [6.45, 7) is 2.00. The predicted molar refractivity (Wildman–Crippen MR) is 248 cm³/mol. The maximum absolute atomic E-state index is 14.2. The van der Waals surface area contributed by atoms with E-state index in [1.807, 2.05) is 40.0 Å². The monoisotopic (exact) mass is 1000 g/mol. The highest BCUT2D eigenvalue weighted by molar-refractivity contribution is 7.99. The number of carbonyl (C=O) groups excluding carboxylic acids is 1. The van der Waals surface area contributed by atoms with Crippen molar-refractivity contribution in [2.45, 2.75) is 76.7 Å². The highest BCUT2D eigenvalue weighted by Gasteiger charge is 2.48. The van der Waals surface area contributed by atoms with E-state index >= 15 is 0 Å². The van der Waals surface area contributed by atoms with Crippen LogP contribution in [0.15, 0.2) is 136 Å². The van der Waals surface area contributed by atoms with Gasteiger partial charge in [-0.25, -0.2) is 21.6 Å². The number of alkyl halides is 6. The number of anilines is 2. The van der Waals surface area contributed by atoms with Gasteiger partial charge in [-0.3, -0.25) is 9.69 Å². The fraction of sp³-hybridized carbons (Fsp3) is 0.354. The normalized spacial score (nSPS) is 17.5. The van der Waals surface area contributed by atoms with Gasteiger partial charge in [-0.05, 0) is 128 Å². The molecule has 0 aliphatic carbocycles. The lowest BCUT2D eigenvalue weighted by molar-refractivity contribution is -0.137. The number of rotatable bonds is 17. The summed E-state index contributed by atoms with van der Waals surface area (Å²) in [5.74, 6) is -0.995. The van der Waals surface area contributed by atoms with E-state index in [1.165, 1.54) is 36.0 Å². The van der Waals surface area contributed by atoms with Crippen molar-refractivity contribution < 1.29 is 58.2 Å². The van der Waals surface area contributed by atoms with Gasteiger partial charge in [-0.15, -0.1) is 11.8 Å². The van der Waals surface area contributed by atoms with Crippen LogP contribution >= 0.6 is 11.8 Å². The van der Waals surface area contributed by atoms with Crippen LogP contribution in [-0.2, 0) is 26.0 Å². The maximum Gasteiger partial charge on any atom is 0.501 e. The van der Waals surface area contributed by atoms with E-state index in [-0.39, 0.29) is 24.1 Å². The van der Waals surface area contributed by atoms with Crippen LogP contribution < -0.4 is 14.9 Å². The number of nitrogens with zero attached hydrogens (tertiary/aromatic N) is 2. The fourth-order valence-electron chi connectivity index (χ4n) is 8.80. The zero-order valence-electron chi connectivity index (χ0n) is 36.5. The number of aliphatic hydroxyl groups excluding tert-OH is 2. The molecule has 20 heteroatoms. The molecule has 0 bridgehead atoms. The summed E-state index contributed by atoms with van der Waals surface area (Å²) in [6, 6.07) is 28.5. The van der Waals surface area contributed by atoms with E-state index in [0.29, 0.717) is 79.6 Å². The molecule has 1 amide bonds. The number of sulfone groups is 1. The highest BCUT2D eigenvalue weighted by atomic mass is 32.2. The Morgan fingerprint density at radius 1 is 0.794 bits per heavy atom. The van der Waals surface area contributed by atoms with Crippen LogP contribution in [0.5, 0.6) is 0 Å². The van der Waals surface area contributed by atoms with Crippen LogP contribution in [0.2, 0.25) is 0 Å². The number of aliphatic hydroxyl groups is 2. The third-order valence-electron chi connectivity index (χ3n) is 12.4. The van der Waals surface area contributed by atoms with E-state index < -0.39 is 70.6 Å². The molecule has 2 saturated heterocycles. The first kappa shape index (κ1) is 50.7. The largest absolute Gasteiger partial charge is 0.501 e. The van der Waals surface area contributed by atoms with Crippen molar-refractivity contribution in [2.24, 2.45) is 5.92 Å². The van der Waals surface area contributed by atoms with Gasteiger partial charge in [0.1, 0.15) is 4.90 Å². The molecule has 7 rings (SSSR count). The van der Waals surface area contributed by atoms with Crippen LogP contribution in [0.1, 0.15) is 59.7 Å². The second-order valence-electron chi connectivity index (χ2n) is 16.8. The van der Waals surface area contributed by atoms with E-state index in [2.05, 4.69) is 10.2 Å². The van der Waals surface area contributed by atoms with Crippen molar-refractivity contribution in [3.8, 4) is 11.1 Å². The van der Waals surface area contributed by atoms with Crippen LogP contribution in [0.3, 0.4) is 0 Å². The smallest absolute Gasteiger partial charge is 0.395 e. The van der Waals surface area contributed by atoms with E-state index in [4.69, 9.17) is 0 Å². The number of piperidine rings is 1. The Morgan fingerprint density at radius 3 is 2.10 bits per heavy atom. The molecule has 5 aromatic rings. The van der Waals surface area contributed by atoms with E-state index in [0.717, 1.165) is 42.0 Å². The van der Waals surface area contributed by atoms with Gasteiger partial charge in [0.25, 0.3) is 25.8 Å². The Kier molecular flexibility index (Phi) is 15.9. The average molecular weight is 1010 g/mol. The number of thioether (sulfide) groups is 1. The first-order valence-corrected chi connectivity index (χ1v) is 25.8. The van der Waals surface area contributed by atoms with Crippen molar-refractivity contribution in [1.29, 1.82) is 0 Å². The Bertz CT molecular complexity index is 2740. The number of likely N-dealkylation sites (tertiary alicyclic amines) is 1. The van der Waals surface area contributed by atoms with Gasteiger partial charge in [-0.2, -0.15) is 26.3 Å². The number of halogens is 6. The van der Waals surface area contributed by atoms with Crippen molar-refractivity contribution in [3.63, 3.8) is 0 Å². The lowest BCUT2D eigenvalue weighted by atomic mass is 9.84. The molecule has 0 aromatic heterocycles. The van der Waals surface area contributed by atoms with Crippen molar-refractivity contribution in [2.75, 3.05) is 48.8 Å². The van der Waals surface area contributed by atoms with Crippen molar-refractivity contribution in [3.05, 3.63) is 138 Å². The highest BCUT2D eigenvalue weighted by Crippen LogP contribution is 2.40. The summed E-state index contributed by atoms with van der Waals surface area (Å²) in [4.78, 5) is 16.1. The average Bonchev–Trinajstić information content (AvgIpc) is 3.76. The van der Waals surface area contributed by atoms with Crippen LogP contribution in [0, 0.1) is 5.92 Å². The summed E-state index contributed by atoms with van der Waals surface area (Å²) in [5, 5.41) is 24.1. The molecule has 2 heterocycles. The van der Waals surface area contributed by atoms with Gasteiger partial charge in [0.05, 0.1) is 28.9 Å². The molecule has 0 radical (unpaired) electrons.